The zero-order valence-electron chi connectivity index (χ0n) is 10.3. The predicted octanol–water partition coefficient (Wildman–Crippen LogP) is 1.49. The molecular weight excluding hydrogens is 245 g/mol. The first-order valence-electron chi connectivity index (χ1n) is 5.93. The molecule has 1 atom stereocenters. The number of hydrogen-bond acceptors (Lipinski definition) is 4. The van der Waals surface area contributed by atoms with Crippen LogP contribution in [0.5, 0.6) is 0 Å². The smallest absolute Gasteiger partial charge is 0.396 e. The molecule has 104 valence electrons. The van der Waals surface area contributed by atoms with Crippen LogP contribution in [0.15, 0.2) is 0 Å². The molecule has 0 heterocycles. The first-order valence-corrected chi connectivity index (χ1v) is 7.46. The second kappa shape index (κ2) is 8.19. The van der Waals surface area contributed by atoms with Gasteiger partial charge in [0.15, 0.2) is 0 Å². The molecule has 0 fully saturated rings. The molecule has 7 heteroatoms. The van der Waals surface area contributed by atoms with Crippen LogP contribution in [0.3, 0.4) is 0 Å². The van der Waals surface area contributed by atoms with Crippen molar-refractivity contribution in [2.75, 3.05) is 6.61 Å². The van der Waals surface area contributed by atoms with E-state index in [1.54, 1.807) is 0 Å². The van der Waals surface area contributed by atoms with E-state index >= 15 is 0 Å². The Hall–Kier alpha value is 0.0300. The highest BCUT2D eigenvalue weighted by Crippen LogP contribution is 2.40. The number of unbranched alkanes of at least 4 members (excludes halogenated alkanes) is 5. The van der Waals surface area contributed by atoms with E-state index in [0.717, 1.165) is 38.5 Å². The lowest BCUT2D eigenvalue weighted by molar-refractivity contribution is 0.0454. The lowest BCUT2D eigenvalue weighted by Gasteiger charge is -2.24. The second-order valence-electron chi connectivity index (χ2n) is 4.49. The van der Waals surface area contributed by atoms with Crippen molar-refractivity contribution in [3.63, 3.8) is 0 Å². The van der Waals surface area contributed by atoms with Crippen molar-refractivity contribution in [2.45, 2.75) is 57.6 Å². The van der Waals surface area contributed by atoms with Crippen LogP contribution in [0.1, 0.15) is 51.9 Å². The molecule has 0 aromatic heterocycles. The van der Waals surface area contributed by atoms with Gasteiger partial charge in [-0.2, -0.15) is 0 Å². The van der Waals surface area contributed by atoms with E-state index in [9.17, 15) is 4.57 Å². The number of phosphoric ester groups is 1. The predicted molar refractivity (Wildman–Crippen MR) is 65.1 cm³/mol. The number of hydrogen-bond donors (Lipinski definition) is 4. The highest BCUT2D eigenvalue weighted by atomic mass is 31.2. The third-order valence-electron chi connectivity index (χ3n) is 2.41. The highest BCUT2D eigenvalue weighted by Gasteiger charge is 2.28. The monoisotopic (exact) mass is 269 g/mol. The lowest BCUT2D eigenvalue weighted by atomic mass is 10.1. The Morgan fingerprint density at radius 3 is 2.06 bits per heavy atom. The van der Waals surface area contributed by atoms with Gasteiger partial charge < -0.3 is 20.6 Å². The summed E-state index contributed by atoms with van der Waals surface area (Å²) < 4.78 is 15.1. The van der Waals surface area contributed by atoms with Gasteiger partial charge in [-0.3, -0.25) is 4.52 Å². The fraction of sp³-hybridized carbons (Fsp3) is 1.00. The molecule has 17 heavy (non-hydrogen) atoms. The molecule has 0 aliphatic heterocycles. The van der Waals surface area contributed by atoms with Gasteiger partial charge in [0.1, 0.15) is 5.72 Å². The minimum absolute atomic E-state index is 0.233. The summed E-state index contributed by atoms with van der Waals surface area (Å²) >= 11 is 0. The van der Waals surface area contributed by atoms with Gasteiger partial charge in [0, 0.05) is 6.61 Å². The minimum atomic E-state index is -4.51. The van der Waals surface area contributed by atoms with Gasteiger partial charge in [-0.1, -0.05) is 25.7 Å². The molecule has 0 aliphatic rings. The van der Waals surface area contributed by atoms with Crippen molar-refractivity contribution < 1.29 is 24.0 Å². The van der Waals surface area contributed by atoms with Crippen molar-refractivity contribution >= 4 is 7.82 Å². The van der Waals surface area contributed by atoms with Gasteiger partial charge in [0.05, 0.1) is 0 Å². The third-order valence-corrected chi connectivity index (χ3v) is 3.06. The Morgan fingerprint density at radius 1 is 1.12 bits per heavy atom. The fourth-order valence-electron chi connectivity index (χ4n) is 1.61. The molecule has 6 nitrogen and oxygen atoms in total. The Kier molecular flexibility index (Phi) is 8.20. The fourth-order valence-corrected chi connectivity index (χ4v) is 2.25. The van der Waals surface area contributed by atoms with Crippen molar-refractivity contribution in [3.8, 4) is 0 Å². The molecular formula is C10H24NO5P. The second-order valence-corrected chi connectivity index (χ2v) is 5.65. The molecule has 0 saturated heterocycles. The average Bonchev–Trinajstić information content (AvgIpc) is 2.12. The number of aliphatic hydroxyl groups excluding tert-OH is 1. The normalized spacial score (nSPS) is 15.8. The molecule has 0 saturated carbocycles. The summed E-state index contributed by atoms with van der Waals surface area (Å²) in [6.45, 7) is 1.70. The number of rotatable bonds is 10. The Morgan fingerprint density at radius 2 is 1.59 bits per heavy atom. The maximum Gasteiger partial charge on any atom is 0.471 e. The molecule has 0 bridgehead atoms. The Balaban J connectivity index is 3.56. The Bertz CT molecular complexity index is 241. The third kappa shape index (κ3) is 12.3. The van der Waals surface area contributed by atoms with Gasteiger partial charge in [-0.25, -0.2) is 4.57 Å². The summed E-state index contributed by atoms with van der Waals surface area (Å²) in [7, 11) is -4.51. The minimum Gasteiger partial charge on any atom is -0.396 e. The molecule has 0 aliphatic carbocycles. The molecule has 0 rings (SSSR count). The molecule has 0 aromatic rings. The summed E-state index contributed by atoms with van der Waals surface area (Å²) in [6.07, 6.45) is 6.06. The maximum absolute atomic E-state index is 10.6. The maximum atomic E-state index is 10.6. The van der Waals surface area contributed by atoms with Crippen LogP contribution in [0, 0.1) is 0 Å². The number of nitrogens with two attached hydrogens (primary N) is 1. The van der Waals surface area contributed by atoms with Crippen LogP contribution < -0.4 is 5.73 Å². The summed E-state index contributed by atoms with van der Waals surface area (Å²) in [6, 6.07) is 0. The van der Waals surface area contributed by atoms with E-state index in [-0.39, 0.29) is 6.61 Å². The van der Waals surface area contributed by atoms with Crippen molar-refractivity contribution in [1.82, 2.24) is 0 Å². The van der Waals surface area contributed by atoms with Gasteiger partial charge in [-0.15, -0.1) is 0 Å². The zero-order chi connectivity index (χ0) is 13.4. The summed E-state index contributed by atoms with van der Waals surface area (Å²) in [5, 5.41) is 8.58. The van der Waals surface area contributed by atoms with Crippen LogP contribution in [0.25, 0.3) is 0 Å². The van der Waals surface area contributed by atoms with Crippen molar-refractivity contribution in [3.05, 3.63) is 0 Å². The molecule has 5 N–H and O–H groups in total. The number of phosphoric acid groups is 1. The van der Waals surface area contributed by atoms with Gasteiger partial charge in [-0.05, 0) is 26.2 Å². The van der Waals surface area contributed by atoms with Crippen LogP contribution in [-0.2, 0) is 9.09 Å². The Labute approximate surface area is 102 Å². The van der Waals surface area contributed by atoms with Gasteiger partial charge in [0.25, 0.3) is 0 Å². The zero-order valence-corrected chi connectivity index (χ0v) is 11.2. The largest absolute Gasteiger partial charge is 0.471 e. The quantitative estimate of drug-likeness (QED) is 0.271. The van der Waals surface area contributed by atoms with E-state index in [2.05, 4.69) is 4.52 Å². The van der Waals surface area contributed by atoms with Crippen LogP contribution in [0.4, 0.5) is 0 Å². The van der Waals surface area contributed by atoms with Crippen LogP contribution >= 0.6 is 7.82 Å². The molecule has 0 radical (unpaired) electrons. The van der Waals surface area contributed by atoms with Crippen LogP contribution in [-0.4, -0.2) is 27.2 Å². The SMILES string of the molecule is CC(N)(CCCCCCCCO)OP(=O)(O)O. The van der Waals surface area contributed by atoms with E-state index in [1.807, 2.05) is 0 Å². The first kappa shape index (κ1) is 17.0. The van der Waals surface area contributed by atoms with Crippen molar-refractivity contribution in [1.29, 1.82) is 0 Å². The lowest BCUT2D eigenvalue weighted by Crippen LogP contribution is -2.38. The number of aliphatic hydroxyl groups is 1. The van der Waals surface area contributed by atoms with Crippen molar-refractivity contribution in [2.24, 2.45) is 5.73 Å². The van der Waals surface area contributed by atoms with E-state index in [0.29, 0.717) is 6.42 Å². The summed E-state index contributed by atoms with van der Waals surface area (Å²) in [4.78, 5) is 17.3. The average molecular weight is 269 g/mol. The summed E-state index contributed by atoms with van der Waals surface area (Å²) in [5.74, 6) is 0. The van der Waals surface area contributed by atoms with E-state index in [4.69, 9.17) is 20.6 Å². The molecule has 1 unspecified atom stereocenters. The highest BCUT2D eigenvalue weighted by molar-refractivity contribution is 7.46. The van der Waals surface area contributed by atoms with Gasteiger partial charge in [0.2, 0.25) is 0 Å². The summed E-state index contributed by atoms with van der Waals surface area (Å²) in [5.41, 5.74) is 4.34. The van der Waals surface area contributed by atoms with E-state index in [1.165, 1.54) is 6.92 Å². The standard InChI is InChI=1S/C10H24NO5P/c1-10(11,16-17(13,14)15)8-6-4-2-3-5-7-9-12/h12H,2-9,11H2,1H3,(H2,13,14,15). The van der Waals surface area contributed by atoms with Crippen LogP contribution in [0.2, 0.25) is 0 Å². The molecule has 0 amide bonds. The first-order chi connectivity index (χ1) is 7.77. The molecule has 0 spiro atoms. The topological polar surface area (TPSA) is 113 Å². The molecule has 0 aromatic carbocycles. The van der Waals surface area contributed by atoms with E-state index < -0.39 is 13.5 Å². The van der Waals surface area contributed by atoms with Gasteiger partial charge >= 0.3 is 7.82 Å².